The van der Waals surface area contributed by atoms with Crippen LogP contribution in [0.1, 0.15) is 23.3 Å². The van der Waals surface area contributed by atoms with Crippen molar-refractivity contribution in [3.8, 4) is 11.4 Å². The van der Waals surface area contributed by atoms with Crippen LogP contribution in [0.2, 0.25) is 0 Å². The first-order chi connectivity index (χ1) is 12.5. The van der Waals surface area contributed by atoms with Gasteiger partial charge in [-0.1, -0.05) is 0 Å². The van der Waals surface area contributed by atoms with E-state index < -0.39 is 6.17 Å². The largest absolute Gasteiger partial charge is 0.383 e. The normalized spacial score (nSPS) is 16.4. The van der Waals surface area contributed by atoms with Gasteiger partial charge in [0.15, 0.2) is 5.82 Å². The standard InChI is InChI=1S/C19H20F2N4S/c1-11-6-12(8-14(21)7-11)18-23-17(22)16-9-15(26-19(16)24-18)10-25-4-2-13(20)3-5-25/h6-9,13H,2-5,10H2,1H3,(H2,22,23,24). The summed E-state index contributed by atoms with van der Waals surface area (Å²) >= 11 is 1.56. The van der Waals surface area contributed by atoms with Crippen LogP contribution in [0.4, 0.5) is 14.6 Å². The van der Waals surface area contributed by atoms with Crippen molar-refractivity contribution in [1.82, 2.24) is 14.9 Å². The molecule has 4 nitrogen and oxygen atoms in total. The van der Waals surface area contributed by atoms with Gasteiger partial charge in [0.1, 0.15) is 22.6 Å². The molecule has 0 atom stereocenters. The number of aryl methyl sites for hydroxylation is 1. The van der Waals surface area contributed by atoms with Crippen LogP contribution in [-0.4, -0.2) is 34.1 Å². The number of nitrogen functional groups attached to an aromatic ring is 1. The van der Waals surface area contributed by atoms with Gasteiger partial charge < -0.3 is 5.73 Å². The Balaban J connectivity index is 1.64. The van der Waals surface area contributed by atoms with E-state index in [-0.39, 0.29) is 5.82 Å². The van der Waals surface area contributed by atoms with Gasteiger partial charge in [-0.15, -0.1) is 11.3 Å². The number of piperidine rings is 1. The molecule has 0 radical (unpaired) electrons. The molecule has 1 aliphatic rings. The maximum atomic E-state index is 13.7. The summed E-state index contributed by atoms with van der Waals surface area (Å²) in [6.45, 7) is 4.13. The number of nitrogens with two attached hydrogens (primary N) is 1. The number of fused-ring (bicyclic) bond motifs is 1. The van der Waals surface area contributed by atoms with Crippen molar-refractivity contribution in [3.63, 3.8) is 0 Å². The summed E-state index contributed by atoms with van der Waals surface area (Å²) in [5, 5.41) is 0.822. The molecule has 0 saturated carbocycles. The molecule has 1 aromatic carbocycles. The predicted molar refractivity (Wildman–Crippen MR) is 101 cm³/mol. The highest BCUT2D eigenvalue weighted by Crippen LogP contribution is 2.31. The van der Waals surface area contributed by atoms with Crippen LogP contribution in [-0.2, 0) is 6.54 Å². The average molecular weight is 374 g/mol. The molecule has 0 bridgehead atoms. The first kappa shape index (κ1) is 17.3. The molecule has 2 N–H and O–H groups in total. The summed E-state index contributed by atoms with van der Waals surface area (Å²) in [5.41, 5.74) is 7.57. The Bertz CT molecular complexity index is 928. The van der Waals surface area contributed by atoms with Crippen LogP contribution in [0, 0.1) is 12.7 Å². The molecule has 1 aliphatic heterocycles. The lowest BCUT2D eigenvalue weighted by Gasteiger charge is -2.27. The van der Waals surface area contributed by atoms with Gasteiger partial charge in [-0.25, -0.2) is 18.7 Å². The minimum absolute atomic E-state index is 0.314. The van der Waals surface area contributed by atoms with Crippen LogP contribution >= 0.6 is 11.3 Å². The monoisotopic (exact) mass is 374 g/mol. The minimum Gasteiger partial charge on any atom is -0.383 e. The fraction of sp³-hybridized carbons (Fsp3) is 0.368. The van der Waals surface area contributed by atoms with Crippen molar-refractivity contribution in [2.75, 3.05) is 18.8 Å². The van der Waals surface area contributed by atoms with Crippen molar-refractivity contribution in [2.45, 2.75) is 32.5 Å². The van der Waals surface area contributed by atoms with Gasteiger partial charge in [0, 0.05) is 30.1 Å². The van der Waals surface area contributed by atoms with Gasteiger partial charge in [-0.2, -0.15) is 0 Å². The molecule has 3 heterocycles. The van der Waals surface area contributed by atoms with Gasteiger partial charge in [-0.05, 0) is 49.6 Å². The molecular formula is C19H20F2N4S. The molecule has 3 aromatic rings. The Hall–Kier alpha value is -2.12. The Morgan fingerprint density at radius 1 is 1.19 bits per heavy atom. The van der Waals surface area contributed by atoms with Crippen LogP contribution in [0.15, 0.2) is 24.3 Å². The zero-order chi connectivity index (χ0) is 18.3. The lowest BCUT2D eigenvalue weighted by atomic mass is 10.1. The number of anilines is 1. The molecule has 0 unspecified atom stereocenters. The third kappa shape index (κ3) is 3.54. The van der Waals surface area contributed by atoms with E-state index in [9.17, 15) is 8.78 Å². The Kier molecular flexibility index (Phi) is 4.58. The topological polar surface area (TPSA) is 55.0 Å². The van der Waals surface area contributed by atoms with E-state index in [1.807, 2.05) is 19.1 Å². The number of nitrogens with zero attached hydrogens (tertiary/aromatic N) is 3. The molecule has 1 fully saturated rings. The molecule has 2 aromatic heterocycles. The second-order valence-corrected chi connectivity index (χ2v) is 7.95. The second-order valence-electron chi connectivity index (χ2n) is 6.83. The molecule has 7 heteroatoms. The summed E-state index contributed by atoms with van der Waals surface area (Å²) in [7, 11) is 0. The average Bonchev–Trinajstić information content (AvgIpc) is 2.99. The van der Waals surface area contributed by atoms with E-state index >= 15 is 0 Å². The highest BCUT2D eigenvalue weighted by Gasteiger charge is 2.20. The first-order valence-corrected chi connectivity index (χ1v) is 9.49. The minimum atomic E-state index is -0.674. The maximum absolute atomic E-state index is 13.7. The Labute approximate surface area is 154 Å². The Morgan fingerprint density at radius 2 is 1.96 bits per heavy atom. The molecule has 26 heavy (non-hydrogen) atoms. The van der Waals surface area contributed by atoms with E-state index in [0.29, 0.717) is 30.0 Å². The summed E-state index contributed by atoms with van der Waals surface area (Å²) < 4.78 is 27.0. The molecule has 1 saturated heterocycles. The number of hydrogen-bond acceptors (Lipinski definition) is 5. The third-order valence-corrected chi connectivity index (χ3v) is 5.68. The smallest absolute Gasteiger partial charge is 0.163 e. The third-order valence-electron chi connectivity index (χ3n) is 4.67. The van der Waals surface area contributed by atoms with Crippen molar-refractivity contribution >= 4 is 27.4 Å². The van der Waals surface area contributed by atoms with E-state index in [1.54, 1.807) is 11.3 Å². The lowest BCUT2D eigenvalue weighted by Crippen LogP contribution is -2.33. The lowest BCUT2D eigenvalue weighted by molar-refractivity contribution is 0.146. The van der Waals surface area contributed by atoms with E-state index in [1.165, 1.54) is 12.1 Å². The number of likely N-dealkylation sites (tertiary alicyclic amines) is 1. The zero-order valence-electron chi connectivity index (χ0n) is 14.5. The number of alkyl halides is 1. The number of thiophene rings is 1. The summed E-state index contributed by atoms with van der Waals surface area (Å²) in [4.78, 5) is 13.1. The molecule has 0 aliphatic carbocycles. The maximum Gasteiger partial charge on any atom is 0.163 e. The van der Waals surface area contributed by atoms with Crippen LogP contribution in [0.25, 0.3) is 21.6 Å². The van der Waals surface area contributed by atoms with E-state index in [0.717, 1.165) is 40.3 Å². The van der Waals surface area contributed by atoms with Crippen molar-refractivity contribution in [1.29, 1.82) is 0 Å². The molecule has 4 rings (SSSR count). The zero-order valence-corrected chi connectivity index (χ0v) is 15.3. The van der Waals surface area contributed by atoms with Gasteiger partial charge in [0.2, 0.25) is 0 Å². The van der Waals surface area contributed by atoms with Crippen LogP contribution in [0.5, 0.6) is 0 Å². The fourth-order valence-electron chi connectivity index (χ4n) is 3.35. The van der Waals surface area contributed by atoms with Crippen molar-refractivity contribution < 1.29 is 8.78 Å². The molecule has 0 amide bonds. The summed E-state index contributed by atoms with van der Waals surface area (Å²) in [6.07, 6.45) is 0.513. The fourth-order valence-corrected chi connectivity index (χ4v) is 4.42. The predicted octanol–water partition coefficient (Wildman–Crippen LogP) is 4.32. The number of benzene rings is 1. The summed E-state index contributed by atoms with van der Waals surface area (Å²) in [6, 6.07) is 6.75. The van der Waals surface area contributed by atoms with Crippen LogP contribution < -0.4 is 5.73 Å². The van der Waals surface area contributed by atoms with Crippen LogP contribution in [0.3, 0.4) is 0 Å². The van der Waals surface area contributed by atoms with Gasteiger partial charge in [-0.3, -0.25) is 4.90 Å². The second kappa shape index (κ2) is 6.89. The quantitative estimate of drug-likeness (QED) is 0.742. The van der Waals surface area contributed by atoms with E-state index in [2.05, 4.69) is 14.9 Å². The summed E-state index contributed by atoms with van der Waals surface area (Å²) in [5.74, 6) is 0.520. The molecule has 136 valence electrons. The Morgan fingerprint density at radius 3 is 2.69 bits per heavy atom. The molecular weight excluding hydrogens is 354 g/mol. The van der Waals surface area contributed by atoms with Gasteiger partial charge in [0.25, 0.3) is 0 Å². The number of hydrogen-bond donors (Lipinski definition) is 1. The number of aromatic nitrogens is 2. The first-order valence-electron chi connectivity index (χ1n) is 8.68. The highest BCUT2D eigenvalue weighted by atomic mass is 32.1. The molecule has 0 spiro atoms. The number of rotatable bonds is 3. The van der Waals surface area contributed by atoms with Crippen molar-refractivity contribution in [3.05, 3.63) is 40.5 Å². The van der Waals surface area contributed by atoms with Crippen molar-refractivity contribution in [2.24, 2.45) is 0 Å². The highest BCUT2D eigenvalue weighted by molar-refractivity contribution is 7.18. The number of halogens is 2. The van der Waals surface area contributed by atoms with Gasteiger partial charge >= 0.3 is 0 Å². The SMILES string of the molecule is Cc1cc(F)cc(-c2nc(N)c3cc(CN4CCC(F)CC4)sc3n2)c1. The van der Waals surface area contributed by atoms with E-state index in [4.69, 9.17) is 5.73 Å². The van der Waals surface area contributed by atoms with Gasteiger partial charge in [0.05, 0.1) is 5.39 Å².